The Kier molecular flexibility index (Phi) is 5.60. The number of rotatable bonds is 4. The van der Waals surface area contributed by atoms with Crippen LogP contribution in [0, 0.1) is 0 Å². The van der Waals surface area contributed by atoms with Crippen LogP contribution in [0.2, 0.25) is 5.02 Å². The predicted molar refractivity (Wildman–Crippen MR) is 97.5 cm³/mol. The zero-order valence-corrected chi connectivity index (χ0v) is 15.4. The Morgan fingerprint density at radius 2 is 1.79 bits per heavy atom. The zero-order valence-electron chi connectivity index (χ0n) is 14.7. The Hall–Kier alpha value is -3.00. The molecule has 0 aliphatic rings. The summed E-state index contributed by atoms with van der Waals surface area (Å²) in [5.74, 6) is -0.674. The number of nitrogens with zero attached hydrogens (tertiary/aromatic N) is 3. The minimum absolute atomic E-state index is 0.136. The average molecular weight is 410 g/mol. The summed E-state index contributed by atoms with van der Waals surface area (Å²) in [7, 11) is 1.44. The fraction of sp³-hybridized carbons (Fsp3) is 0.158. The molecule has 1 amide bonds. The van der Waals surface area contributed by atoms with Crippen LogP contribution in [-0.4, -0.2) is 27.8 Å². The van der Waals surface area contributed by atoms with Gasteiger partial charge in [-0.2, -0.15) is 18.3 Å². The van der Waals surface area contributed by atoms with E-state index in [1.54, 1.807) is 24.3 Å². The molecule has 2 aromatic carbocycles. The molecule has 0 saturated carbocycles. The van der Waals surface area contributed by atoms with Crippen LogP contribution in [0.15, 0.2) is 60.8 Å². The van der Waals surface area contributed by atoms with Crippen molar-refractivity contribution in [1.82, 2.24) is 14.7 Å². The van der Waals surface area contributed by atoms with E-state index in [0.29, 0.717) is 9.70 Å². The summed E-state index contributed by atoms with van der Waals surface area (Å²) in [6.45, 7) is 0.187. The molecule has 0 spiro atoms. The number of alkyl halides is 3. The summed E-state index contributed by atoms with van der Waals surface area (Å²) in [6.07, 6.45) is -4.85. The van der Waals surface area contributed by atoms with Gasteiger partial charge in [-0.15, -0.1) is 0 Å². The first kappa shape index (κ1) is 19.8. The first-order chi connectivity index (χ1) is 13.3. The van der Waals surface area contributed by atoms with Gasteiger partial charge in [0.2, 0.25) is 0 Å². The number of aromatic nitrogens is 2. The lowest BCUT2D eigenvalue weighted by Crippen LogP contribution is -2.29. The Labute approximate surface area is 163 Å². The summed E-state index contributed by atoms with van der Waals surface area (Å²) in [6, 6.07) is 14.7. The Morgan fingerprint density at radius 1 is 1.14 bits per heavy atom. The van der Waals surface area contributed by atoms with Gasteiger partial charge in [0.25, 0.3) is 0 Å². The van der Waals surface area contributed by atoms with Gasteiger partial charge in [-0.05, 0) is 29.8 Å². The predicted octanol–water partition coefficient (Wildman–Crippen LogP) is 5.18. The largest absolute Gasteiger partial charge is 0.437 e. The zero-order chi connectivity index (χ0) is 20.3. The maximum Gasteiger partial charge on any atom is 0.437 e. The fourth-order valence-corrected chi connectivity index (χ4v) is 2.67. The molecule has 0 fully saturated rings. The van der Waals surface area contributed by atoms with Gasteiger partial charge in [0, 0.05) is 18.6 Å². The molecule has 28 heavy (non-hydrogen) atoms. The maximum absolute atomic E-state index is 13.6. The summed E-state index contributed by atoms with van der Waals surface area (Å²) in [5.41, 5.74) is -0.234. The smallest absolute Gasteiger partial charge is 0.406 e. The molecular weight excluding hydrogens is 395 g/mol. The van der Waals surface area contributed by atoms with Crippen LogP contribution < -0.4 is 4.74 Å². The summed E-state index contributed by atoms with van der Waals surface area (Å²) >= 11 is 5.78. The highest BCUT2D eigenvalue weighted by Gasteiger charge is 2.40. The molecule has 1 heterocycles. The van der Waals surface area contributed by atoms with Gasteiger partial charge in [-0.25, -0.2) is 9.48 Å². The molecule has 3 rings (SSSR count). The number of carbonyl (C=O) groups excluding carboxylic acids is 1. The molecule has 9 heteroatoms. The Balaban J connectivity index is 1.85. The van der Waals surface area contributed by atoms with Crippen LogP contribution in [-0.2, 0) is 12.7 Å². The first-order valence-corrected chi connectivity index (χ1v) is 8.51. The van der Waals surface area contributed by atoms with Crippen molar-refractivity contribution in [3.8, 4) is 11.4 Å². The summed E-state index contributed by atoms with van der Waals surface area (Å²) < 4.78 is 46.5. The third-order valence-electron chi connectivity index (χ3n) is 3.85. The molecule has 0 bridgehead atoms. The van der Waals surface area contributed by atoms with Gasteiger partial charge in [-0.3, -0.25) is 0 Å². The van der Waals surface area contributed by atoms with Crippen LogP contribution in [0.4, 0.5) is 18.0 Å². The SMILES string of the molecule is CN(Cc1ccccc1)C(=O)Oc1cnn(-c2ccc(Cl)cc2)c1C(F)(F)F. The van der Waals surface area contributed by atoms with Crippen molar-refractivity contribution >= 4 is 17.7 Å². The molecular formula is C19H15ClF3N3O2. The molecule has 1 aromatic heterocycles. The quantitative estimate of drug-likeness (QED) is 0.597. The van der Waals surface area contributed by atoms with Gasteiger partial charge < -0.3 is 9.64 Å². The lowest BCUT2D eigenvalue weighted by atomic mass is 10.2. The standard InChI is InChI=1S/C19H15ClF3N3O2/c1-25(12-13-5-3-2-4-6-13)18(27)28-16-11-24-26(17(16)19(21,22)23)15-9-7-14(20)8-10-15/h2-11H,12H2,1H3. The third kappa shape index (κ3) is 4.45. The van der Waals surface area contributed by atoms with Crippen molar-refractivity contribution in [3.05, 3.63) is 77.1 Å². The average Bonchev–Trinajstić information content (AvgIpc) is 3.07. The molecule has 3 aromatic rings. The number of hydrogen-bond acceptors (Lipinski definition) is 3. The molecule has 146 valence electrons. The van der Waals surface area contributed by atoms with E-state index in [-0.39, 0.29) is 12.2 Å². The second kappa shape index (κ2) is 7.93. The van der Waals surface area contributed by atoms with E-state index in [9.17, 15) is 18.0 Å². The number of halogens is 4. The highest BCUT2D eigenvalue weighted by molar-refractivity contribution is 6.30. The van der Waals surface area contributed by atoms with Gasteiger partial charge in [-0.1, -0.05) is 41.9 Å². The van der Waals surface area contributed by atoms with Crippen molar-refractivity contribution in [3.63, 3.8) is 0 Å². The second-order valence-corrected chi connectivity index (χ2v) is 6.39. The van der Waals surface area contributed by atoms with Crippen LogP contribution in [0.3, 0.4) is 0 Å². The Morgan fingerprint density at radius 3 is 2.39 bits per heavy atom. The lowest BCUT2D eigenvalue weighted by Gasteiger charge is -2.18. The minimum Gasteiger partial charge on any atom is -0.406 e. The van der Waals surface area contributed by atoms with Crippen LogP contribution in [0.25, 0.3) is 5.69 Å². The van der Waals surface area contributed by atoms with Gasteiger partial charge in [0.05, 0.1) is 11.9 Å². The number of carbonyl (C=O) groups is 1. The van der Waals surface area contributed by atoms with E-state index in [4.69, 9.17) is 16.3 Å². The number of benzene rings is 2. The molecule has 5 nitrogen and oxygen atoms in total. The molecule has 0 aliphatic carbocycles. The van der Waals surface area contributed by atoms with Gasteiger partial charge in [0.15, 0.2) is 11.4 Å². The number of ether oxygens (including phenoxy) is 1. The van der Waals surface area contributed by atoms with Crippen LogP contribution in [0.5, 0.6) is 5.75 Å². The maximum atomic E-state index is 13.6. The third-order valence-corrected chi connectivity index (χ3v) is 4.10. The molecule has 0 aliphatic heterocycles. The van der Waals surface area contributed by atoms with Gasteiger partial charge >= 0.3 is 12.3 Å². The normalized spacial score (nSPS) is 11.3. The highest BCUT2D eigenvalue weighted by atomic mass is 35.5. The van der Waals surface area contributed by atoms with Crippen molar-refractivity contribution in [2.45, 2.75) is 12.7 Å². The Bertz CT molecular complexity index is 957. The number of hydrogen-bond donors (Lipinski definition) is 0. The van der Waals surface area contributed by atoms with Crippen LogP contribution in [0.1, 0.15) is 11.3 Å². The fourth-order valence-electron chi connectivity index (χ4n) is 2.54. The molecule has 0 atom stereocenters. The molecule has 0 unspecified atom stereocenters. The van der Waals surface area contributed by atoms with E-state index in [1.807, 2.05) is 6.07 Å². The van der Waals surface area contributed by atoms with Crippen molar-refractivity contribution in [1.29, 1.82) is 0 Å². The lowest BCUT2D eigenvalue weighted by molar-refractivity contribution is -0.143. The first-order valence-electron chi connectivity index (χ1n) is 8.14. The molecule has 0 radical (unpaired) electrons. The van der Waals surface area contributed by atoms with E-state index < -0.39 is 23.7 Å². The van der Waals surface area contributed by atoms with E-state index in [2.05, 4.69) is 5.10 Å². The van der Waals surface area contributed by atoms with E-state index in [0.717, 1.165) is 11.8 Å². The molecule has 0 saturated heterocycles. The van der Waals surface area contributed by atoms with Crippen LogP contribution >= 0.6 is 11.6 Å². The van der Waals surface area contributed by atoms with E-state index >= 15 is 0 Å². The monoisotopic (exact) mass is 409 g/mol. The molecule has 0 N–H and O–H groups in total. The topological polar surface area (TPSA) is 47.4 Å². The van der Waals surface area contributed by atoms with Crippen molar-refractivity contribution < 1.29 is 22.7 Å². The van der Waals surface area contributed by atoms with Crippen molar-refractivity contribution in [2.24, 2.45) is 0 Å². The summed E-state index contributed by atoms with van der Waals surface area (Å²) in [4.78, 5) is 13.4. The highest BCUT2D eigenvalue weighted by Crippen LogP contribution is 2.38. The van der Waals surface area contributed by atoms with Gasteiger partial charge in [0.1, 0.15) is 0 Å². The van der Waals surface area contributed by atoms with Crippen molar-refractivity contribution in [2.75, 3.05) is 7.05 Å². The van der Waals surface area contributed by atoms with E-state index in [1.165, 1.54) is 36.2 Å². The number of amides is 1. The summed E-state index contributed by atoms with van der Waals surface area (Å²) in [5, 5.41) is 4.11. The second-order valence-electron chi connectivity index (χ2n) is 5.95. The minimum atomic E-state index is -4.79.